The summed E-state index contributed by atoms with van der Waals surface area (Å²) in [6.45, 7) is 13.3. The Kier molecular flexibility index (Phi) is 13.7. The van der Waals surface area contributed by atoms with E-state index >= 15 is 0 Å². The molecule has 2 aliphatic heterocycles. The lowest BCUT2D eigenvalue weighted by Crippen LogP contribution is -2.48. The first kappa shape index (κ1) is 43.6. The number of nitrogens with zero attached hydrogens (tertiary/aromatic N) is 5. The van der Waals surface area contributed by atoms with Gasteiger partial charge in [0.05, 0.1) is 59.2 Å². The molecule has 0 saturated carbocycles. The molecule has 3 heterocycles. The molecule has 3 atom stereocenters. The second kappa shape index (κ2) is 18.5. The van der Waals surface area contributed by atoms with Crippen LogP contribution in [0.3, 0.4) is 0 Å². The van der Waals surface area contributed by atoms with Gasteiger partial charge in [0, 0.05) is 32.1 Å². The maximum absolute atomic E-state index is 14.3. The summed E-state index contributed by atoms with van der Waals surface area (Å²) in [4.78, 5) is 27.1. The molecule has 0 bridgehead atoms. The van der Waals surface area contributed by atoms with E-state index in [2.05, 4.69) is 10.3 Å². The number of methoxy groups -OCH3 is 1. The number of carbonyl (C=O) groups excluding carboxylic acids is 2. The van der Waals surface area contributed by atoms with Crippen molar-refractivity contribution < 1.29 is 51.2 Å². The van der Waals surface area contributed by atoms with E-state index in [9.17, 15) is 18.0 Å². The molecule has 0 radical (unpaired) electrons. The number of sulfonamides is 1. The van der Waals surface area contributed by atoms with Crippen molar-refractivity contribution in [2.24, 2.45) is 7.05 Å². The standard InChI is InChI=1S/C42H55N5O11S/c1-9-54-39(48)22-34(30-19-35-40(37(20-30)52-8)45(7)44-43-35)29-11-10-27(2)31(18-29)24-47-23-28(3)57-36-21-32(12-13-38(36)59(47,50)51)56-17-16-53-26-33-25-46(14-15-55-33)41(49)58-42(4,5)6/h10-13,18-21,28,33-34H,9,14-17,22-26H2,1-8H3/t28-,33?,34?/m1/s1. The number of aromatic nitrogens is 3. The Morgan fingerprint density at radius 3 is 2.58 bits per heavy atom. The van der Waals surface area contributed by atoms with Crippen molar-refractivity contribution in [2.75, 3.05) is 59.8 Å². The van der Waals surface area contributed by atoms with Gasteiger partial charge >= 0.3 is 12.1 Å². The fraction of sp³-hybridized carbons (Fsp3) is 0.524. The van der Waals surface area contributed by atoms with E-state index in [1.165, 1.54) is 10.4 Å². The van der Waals surface area contributed by atoms with Crippen LogP contribution in [-0.4, -0.2) is 122 Å². The number of aryl methyl sites for hydroxylation is 2. The molecule has 1 saturated heterocycles. The highest BCUT2D eigenvalue weighted by molar-refractivity contribution is 7.89. The van der Waals surface area contributed by atoms with Gasteiger partial charge in [0.2, 0.25) is 10.0 Å². The highest BCUT2D eigenvalue weighted by Gasteiger charge is 2.35. The Balaban J connectivity index is 1.14. The summed E-state index contributed by atoms with van der Waals surface area (Å²) in [6.07, 6.45) is -1.11. The van der Waals surface area contributed by atoms with Crippen LogP contribution < -0.4 is 14.2 Å². The van der Waals surface area contributed by atoms with E-state index in [-0.39, 0.29) is 74.7 Å². The molecule has 2 unspecified atom stereocenters. The molecule has 2 aliphatic rings. The summed E-state index contributed by atoms with van der Waals surface area (Å²) in [7, 11) is -0.664. The predicted molar refractivity (Wildman–Crippen MR) is 217 cm³/mol. The first-order chi connectivity index (χ1) is 28.1. The number of hydrogen-bond donors (Lipinski definition) is 0. The van der Waals surface area contributed by atoms with Crippen molar-refractivity contribution >= 4 is 33.1 Å². The van der Waals surface area contributed by atoms with Crippen LogP contribution in [0.1, 0.15) is 69.2 Å². The zero-order chi connectivity index (χ0) is 42.5. The van der Waals surface area contributed by atoms with Gasteiger partial charge in [-0.05, 0) is 88.1 Å². The van der Waals surface area contributed by atoms with Crippen LogP contribution in [0, 0.1) is 6.92 Å². The van der Waals surface area contributed by atoms with Gasteiger partial charge in [-0.15, -0.1) is 5.10 Å². The van der Waals surface area contributed by atoms with Crippen molar-refractivity contribution in [3.63, 3.8) is 0 Å². The monoisotopic (exact) mass is 837 g/mol. The van der Waals surface area contributed by atoms with Crippen LogP contribution in [0.15, 0.2) is 53.4 Å². The number of amides is 1. The van der Waals surface area contributed by atoms with E-state index in [0.717, 1.165) is 27.8 Å². The van der Waals surface area contributed by atoms with E-state index < -0.39 is 27.6 Å². The van der Waals surface area contributed by atoms with Crippen molar-refractivity contribution in [1.82, 2.24) is 24.2 Å². The number of morpholine rings is 1. The number of rotatable bonds is 14. The summed E-state index contributed by atoms with van der Waals surface area (Å²) in [5.41, 5.74) is 4.01. The molecule has 6 rings (SSSR count). The smallest absolute Gasteiger partial charge is 0.410 e. The third-order valence-corrected chi connectivity index (χ3v) is 11.9. The zero-order valence-corrected chi connectivity index (χ0v) is 35.9. The molecule has 1 aromatic heterocycles. The van der Waals surface area contributed by atoms with Crippen molar-refractivity contribution in [2.45, 2.75) is 83.1 Å². The largest absolute Gasteiger partial charge is 0.494 e. The second-order valence-electron chi connectivity index (χ2n) is 15.7. The van der Waals surface area contributed by atoms with E-state index in [1.54, 1.807) is 42.8 Å². The second-order valence-corrected chi connectivity index (χ2v) is 17.6. The Hall–Kier alpha value is -4.97. The molecule has 4 aromatic rings. The summed E-state index contributed by atoms with van der Waals surface area (Å²) >= 11 is 0. The lowest BCUT2D eigenvalue weighted by molar-refractivity contribution is -0.143. The zero-order valence-electron chi connectivity index (χ0n) is 35.1. The van der Waals surface area contributed by atoms with Gasteiger partial charge in [-0.2, -0.15) is 4.31 Å². The summed E-state index contributed by atoms with van der Waals surface area (Å²) < 4.78 is 71.9. The SMILES string of the molecule is CCOC(=O)CC(c1ccc(C)c(CN2C[C@@H](C)Oc3cc(OCCOCC4CN(C(=O)OC(C)(C)C)CCO4)ccc3S2(=O)=O)c1)c1cc(OC)c2c(c1)nnn2C. The van der Waals surface area contributed by atoms with Crippen LogP contribution in [0.25, 0.3) is 11.0 Å². The number of carbonyl (C=O) groups is 2. The van der Waals surface area contributed by atoms with Crippen LogP contribution in [-0.2, 0) is 47.4 Å². The van der Waals surface area contributed by atoms with Gasteiger partial charge in [-0.1, -0.05) is 23.4 Å². The average Bonchev–Trinajstić information content (AvgIpc) is 3.52. The highest BCUT2D eigenvalue weighted by Crippen LogP contribution is 2.38. The lowest BCUT2D eigenvalue weighted by atomic mass is 9.86. The van der Waals surface area contributed by atoms with Gasteiger partial charge in [0.15, 0.2) is 0 Å². The van der Waals surface area contributed by atoms with Crippen LogP contribution in [0.5, 0.6) is 17.2 Å². The molecule has 16 nitrogen and oxygen atoms in total. The maximum atomic E-state index is 14.3. The van der Waals surface area contributed by atoms with Crippen molar-refractivity contribution in [1.29, 1.82) is 0 Å². The number of ether oxygens (including phenoxy) is 7. The quantitative estimate of drug-likeness (QED) is 0.117. The number of esters is 1. The van der Waals surface area contributed by atoms with E-state index in [1.807, 2.05) is 65.0 Å². The van der Waals surface area contributed by atoms with Crippen LogP contribution in [0.2, 0.25) is 0 Å². The lowest BCUT2D eigenvalue weighted by Gasteiger charge is -2.34. The molecule has 0 aliphatic carbocycles. The normalized spacial score (nSPS) is 18.7. The number of hydrogen-bond acceptors (Lipinski definition) is 13. The minimum absolute atomic E-state index is 0.0350. The Labute approximate surface area is 345 Å². The highest BCUT2D eigenvalue weighted by atomic mass is 32.2. The van der Waals surface area contributed by atoms with Gasteiger partial charge in [-0.3, -0.25) is 4.79 Å². The van der Waals surface area contributed by atoms with Gasteiger partial charge < -0.3 is 38.1 Å². The molecule has 1 amide bonds. The fourth-order valence-electron chi connectivity index (χ4n) is 7.17. The van der Waals surface area contributed by atoms with Crippen LogP contribution >= 0.6 is 0 Å². The topological polar surface area (TPSA) is 170 Å². The Morgan fingerprint density at radius 1 is 1.03 bits per heavy atom. The van der Waals surface area contributed by atoms with Gasteiger partial charge in [0.1, 0.15) is 51.5 Å². The molecule has 0 spiro atoms. The number of benzene rings is 3. The van der Waals surface area contributed by atoms with Gasteiger partial charge in [-0.25, -0.2) is 17.9 Å². The molecule has 17 heteroatoms. The fourth-order valence-corrected chi connectivity index (χ4v) is 8.77. The molecule has 59 heavy (non-hydrogen) atoms. The minimum Gasteiger partial charge on any atom is -0.494 e. The third kappa shape index (κ3) is 10.6. The van der Waals surface area contributed by atoms with E-state index in [0.29, 0.717) is 36.7 Å². The summed E-state index contributed by atoms with van der Waals surface area (Å²) in [5.74, 6) is 0.381. The first-order valence-corrected chi connectivity index (χ1v) is 21.2. The summed E-state index contributed by atoms with van der Waals surface area (Å²) in [5, 5.41) is 8.45. The molecule has 3 aromatic carbocycles. The molecular formula is C42H55N5O11S. The maximum Gasteiger partial charge on any atom is 0.410 e. The predicted octanol–water partition coefficient (Wildman–Crippen LogP) is 5.37. The first-order valence-electron chi connectivity index (χ1n) is 19.8. The molecular weight excluding hydrogens is 783 g/mol. The van der Waals surface area contributed by atoms with Crippen LogP contribution in [0.4, 0.5) is 4.79 Å². The van der Waals surface area contributed by atoms with Crippen molar-refractivity contribution in [3.05, 3.63) is 70.8 Å². The number of fused-ring (bicyclic) bond motifs is 2. The Morgan fingerprint density at radius 2 is 1.83 bits per heavy atom. The molecule has 0 N–H and O–H groups in total. The third-order valence-electron chi connectivity index (χ3n) is 10.0. The minimum atomic E-state index is -4.02. The molecule has 320 valence electrons. The summed E-state index contributed by atoms with van der Waals surface area (Å²) in [6, 6.07) is 14.3. The average molecular weight is 838 g/mol. The van der Waals surface area contributed by atoms with Gasteiger partial charge in [0.25, 0.3) is 0 Å². The van der Waals surface area contributed by atoms with Crippen molar-refractivity contribution in [3.8, 4) is 17.2 Å². The molecule has 1 fully saturated rings. The van der Waals surface area contributed by atoms with E-state index in [4.69, 9.17) is 33.2 Å². The Bertz CT molecular complexity index is 2240.